The Bertz CT molecular complexity index is 1030. The molecule has 0 amide bonds. The highest BCUT2D eigenvalue weighted by molar-refractivity contribution is 5.88. The van der Waals surface area contributed by atoms with Gasteiger partial charge in [-0.15, -0.1) is 0 Å². The summed E-state index contributed by atoms with van der Waals surface area (Å²) in [6.07, 6.45) is 11.8. The number of carbonyl (C=O) groups excluding carboxylic acids is 1. The van der Waals surface area contributed by atoms with Crippen LogP contribution in [0.3, 0.4) is 0 Å². The predicted molar refractivity (Wildman–Crippen MR) is 117 cm³/mol. The van der Waals surface area contributed by atoms with E-state index < -0.39 is 0 Å². The minimum Gasteiger partial charge on any atom is -0.462 e. The molecule has 0 radical (unpaired) electrons. The Balaban J connectivity index is 0.000000241. The molecule has 0 aliphatic heterocycles. The van der Waals surface area contributed by atoms with E-state index in [-0.39, 0.29) is 5.97 Å². The zero-order valence-electron chi connectivity index (χ0n) is 19.1. The molecule has 0 aliphatic rings. The third-order valence-corrected chi connectivity index (χ3v) is 3.99. The van der Waals surface area contributed by atoms with Crippen LogP contribution in [0.4, 0.5) is 0 Å². The van der Waals surface area contributed by atoms with Gasteiger partial charge in [-0.05, 0) is 32.0 Å². The van der Waals surface area contributed by atoms with Crippen molar-refractivity contribution in [2.24, 2.45) is 14.1 Å². The minimum absolute atomic E-state index is 0.270. The number of nitriles is 2. The van der Waals surface area contributed by atoms with Gasteiger partial charge in [0, 0.05) is 29.3 Å². The maximum atomic E-state index is 11.2. The highest BCUT2D eigenvalue weighted by Gasteiger charge is 2.08. The Labute approximate surface area is 190 Å². The molecule has 32 heavy (non-hydrogen) atoms. The molecule has 0 fully saturated rings. The second-order valence-corrected chi connectivity index (χ2v) is 6.90. The molecular formula is C25H30N5O2+3. The molecule has 7 heteroatoms. The van der Waals surface area contributed by atoms with Crippen molar-refractivity contribution in [3.05, 3.63) is 90.3 Å². The summed E-state index contributed by atoms with van der Waals surface area (Å²) in [5.41, 5.74) is 2.83. The van der Waals surface area contributed by atoms with E-state index in [9.17, 15) is 4.79 Å². The maximum absolute atomic E-state index is 11.2. The van der Waals surface area contributed by atoms with Gasteiger partial charge in [-0.1, -0.05) is 0 Å². The van der Waals surface area contributed by atoms with E-state index in [1.807, 2.05) is 96.0 Å². The fourth-order valence-corrected chi connectivity index (χ4v) is 2.60. The number of rotatable bonds is 4. The number of esters is 1. The zero-order valence-corrected chi connectivity index (χ0v) is 19.1. The number of aryl methyl sites for hydroxylation is 3. The van der Waals surface area contributed by atoms with E-state index in [1.165, 1.54) is 5.56 Å². The Morgan fingerprint density at radius 2 is 1.59 bits per heavy atom. The molecule has 0 saturated carbocycles. The normalized spacial score (nSPS) is 9.06. The summed E-state index contributed by atoms with van der Waals surface area (Å²) < 4.78 is 10.4. The average Bonchev–Trinajstić information content (AvgIpc) is 2.75. The van der Waals surface area contributed by atoms with Crippen LogP contribution in [0.25, 0.3) is 0 Å². The first-order chi connectivity index (χ1) is 15.4. The number of carbonyl (C=O) groups is 1. The van der Waals surface area contributed by atoms with Gasteiger partial charge in [0.25, 0.3) is 0 Å². The summed E-state index contributed by atoms with van der Waals surface area (Å²) >= 11 is 0. The van der Waals surface area contributed by atoms with Crippen LogP contribution in [-0.2, 0) is 31.8 Å². The first-order valence-electron chi connectivity index (χ1n) is 10.2. The first kappa shape index (κ1) is 25.9. The Morgan fingerprint density at radius 1 is 0.938 bits per heavy atom. The van der Waals surface area contributed by atoms with Gasteiger partial charge in [0.1, 0.15) is 25.7 Å². The molecule has 0 aromatic carbocycles. The van der Waals surface area contributed by atoms with Crippen LogP contribution >= 0.6 is 0 Å². The Kier molecular flexibility index (Phi) is 12.0. The van der Waals surface area contributed by atoms with Crippen molar-refractivity contribution >= 4 is 5.97 Å². The van der Waals surface area contributed by atoms with Gasteiger partial charge < -0.3 is 4.74 Å². The summed E-state index contributed by atoms with van der Waals surface area (Å²) in [5, 5.41) is 16.7. The summed E-state index contributed by atoms with van der Waals surface area (Å²) in [7, 11) is 3.81. The Morgan fingerprint density at radius 3 is 2.16 bits per heavy atom. The van der Waals surface area contributed by atoms with E-state index >= 15 is 0 Å². The van der Waals surface area contributed by atoms with Gasteiger partial charge in [0.2, 0.25) is 6.54 Å². The predicted octanol–water partition coefficient (Wildman–Crippen LogP) is 2.07. The molecule has 3 rings (SSSR count). The van der Waals surface area contributed by atoms with Gasteiger partial charge in [-0.3, -0.25) is 0 Å². The topological polar surface area (TPSA) is 85.5 Å². The fraction of sp³-hybridized carbons (Fsp3) is 0.280. The number of ether oxygens (including phenoxy) is 1. The van der Waals surface area contributed by atoms with Crippen LogP contribution in [-0.4, -0.2) is 12.6 Å². The van der Waals surface area contributed by atoms with Gasteiger partial charge in [0.15, 0.2) is 37.2 Å². The third-order valence-electron chi connectivity index (χ3n) is 3.99. The largest absolute Gasteiger partial charge is 0.462 e. The smallest absolute Gasteiger partial charge is 0.344 e. The monoisotopic (exact) mass is 432 g/mol. The zero-order chi connectivity index (χ0) is 23.8. The number of pyridine rings is 3. The SMILES string of the molecule is CCOC(=O)c1ccc[n+](C)c1.C[n+]1cccc(CC#N)c1.Cc1ccc[n+](CC#N)c1. The minimum atomic E-state index is -0.270. The van der Waals surface area contributed by atoms with E-state index in [2.05, 4.69) is 12.1 Å². The second kappa shape index (κ2) is 14.8. The van der Waals surface area contributed by atoms with Crippen LogP contribution in [0, 0.1) is 29.6 Å². The van der Waals surface area contributed by atoms with E-state index in [0.717, 1.165) is 5.56 Å². The standard InChI is InChI=1S/C9H12NO2.2C8H9N2/c1-3-12-9(11)8-5-4-6-10(2)7-8;1-10-6-2-3-8(7-10)4-5-9;1-8-3-2-5-10(7-8)6-4-9/h4-7H,3H2,1-2H3;2-3,6-7H,4H2,1H3;2-3,5,7H,6H2,1H3/q3*+1. The quantitative estimate of drug-likeness (QED) is 0.467. The molecule has 3 heterocycles. The van der Waals surface area contributed by atoms with E-state index in [1.54, 1.807) is 19.2 Å². The number of hydrogen-bond donors (Lipinski definition) is 0. The number of nitrogens with zero attached hydrogens (tertiary/aromatic N) is 5. The van der Waals surface area contributed by atoms with Crippen molar-refractivity contribution in [2.75, 3.05) is 6.61 Å². The van der Waals surface area contributed by atoms with E-state index in [0.29, 0.717) is 25.1 Å². The second-order valence-electron chi connectivity index (χ2n) is 6.90. The average molecular weight is 433 g/mol. The fourth-order valence-electron chi connectivity index (χ4n) is 2.60. The maximum Gasteiger partial charge on any atom is 0.344 e. The summed E-state index contributed by atoms with van der Waals surface area (Å²) in [6, 6.07) is 15.5. The summed E-state index contributed by atoms with van der Waals surface area (Å²) in [4.78, 5) is 11.2. The van der Waals surface area contributed by atoms with Crippen LogP contribution < -0.4 is 13.7 Å². The van der Waals surface area contributed by atoms with Gasteiger partial charge in [-0.25, -0.2) is 13.9 Å². The highest BCUT2D eigenvalue weighted by Crippen LogP contribution is 1.96. The molecular weight excluding hydrogens is 402 g/mol. The van der Waals surface area contributed by atoms with Gasteiger partial charge >= 0.3 is 5.97 Å². The number of hydrogen-bond acceptors (Lipinski definition) is 4. The van der Waals surface area contributed by atoms with Gasteiger partial charge in [-0.2, -0.15) is 15.1 Å². The lowest BCUT2D eigenvalue weighted by Gasteiger charge is -1.98. The van der Waals surface area contributed by atoms with Crippen LogP contribution in [0.2, 0.25) is 0 Å². The molecule has 164 valence electrons. The highest BCUT2D eigenvalue weighted by atomic mass is 16.5. The molecule has 0 aliphatic carbocycles. The molecule has 7 nitrogen and oxygen atoms in total. The van der Waals surface area contributed by atoms with Crippen molar-refractivity contribution in [3.8, 4) is 12.1 Å². The molecule has 0 bridgehead atoms. The van der Waals surface area contributed by atoms with Crippen molar-refractivity contribution in [3.63, 3.8) is 0 Å². The van der Waals surface area contributed by atoms with Crippen LogP contribution in [0.5, 0.6) is 0 Å². The van der Waals surface area contributed by atoms with Crippen molar-refractivity contribution in [1.29, 1.82) is 10.5 Å². The molecule has 0 spiro atoms. The van der Waals surface area contributed by atoms with Crippen LogP contribution in [0.1, 0.15) is 28.4 Å². The van der Waals surface area contributed by atoms with E-state index in [4.69, 9.17) is 15.3 Å². The third kappa shape index (κ3) is 10.6. The lowest BCUT2D eigenvalue weighted by Crippen LogP contribution is -2.31. The molecule has 0 atom stereocenters. The van der Waals surface area contributed by atoms with Crippen LogP contribution in [0.15, 0.2) is 73.6 Å². The van der Waals surface area contributed by atoms with Gasteiger partial charge in [0.05, 0.1) is 19.1 Å². The van der Waals surface area contributed by atoms with Crippen molar-refractivity contribution in [2.45, 2.75) is 26.8 Å². The summed E-state index contributed by atoms with van der Waals surface area (Å²) in [6.45, 7) is 4.65. The first-order valence-corrected chi connectivity index (χ1v) is 10.2. The molecule has 3 aromatic heterocycles. The molecule has 0 N–H and O–H groups in total. The Hall–Kier alpha value is -4.10. The lowest BCUT2D eigenvalue weighted by atomic mass is 10.2. The molecule has 0 saturated heterocycles. The van der Waals surface area contributed by atoms with Crippen molar-refractivity contribution in [1.82, 2.24) is 0 Å². The number of aromatic nitrogens is 3. The van der Waals surface area contributed by atoms with Crippen molar-refractivity contribution < 1.29 is 23.2 Å². The summed E-state index contributed by atoms with van der Waals surface area (Å²) in [5.74, 6) is -0.270. The lowest BCUT2D eigenvalue weighted by molar-refractivity contribution is -0.685. The molecule has 0 unspecified atom stereocenters. The molecule has 3 aromatic rings.